The monoisotopic (exact) mass is 417 g/mol. The minimum absolute atomic E-state index is 0.0551. The van der Waals surface area contributed by atoms with Crippen LogP contribution in [0.1, 0.15) is 47.0 Å². The zero-order chi connectivity index (χ0) is 19.5. The minimum Gasteiger partial charge on any atom is -0.413 e. The molecular weight excluding hydrogens is 382 g/mol. The lowest BCUT2D eigenvalue weighted by Crippen LogP contribution is -2.70. The van der Waals surface area contributed by atoms with Gasteiger partial charge in [-0.3, -0.25) is 9.10 Å². The maximum absolute atomic E-state index is 13.0. The average molecular weight is 418 g/mol. The average Bonchev–Trinajstić information content (AvgIpc) is 3.25. The van der Waals surface area contributed by atoms with Crippen LogP contribution in [0.15, 0.2) is 0 Å². The third-order valence-electron chi connectivity index (χ3n) is 7.06. The second-order valence-corrected chi connectivity index (χ2v) is 16.1. The van der Waals surface area contributed by atoms with Crippen LogP contribution in [0.5, 0.6) is 0 Å². The Morgan fingerprint density at radius 3 is 2.50 bits per heavy atom. The topological polar surface area (TPSA) is 42.1 Å². The van der Waals surface area contributed by atoms with E-state index >= 15 is 0 Å². The first kappa shape index (κ1) is 21.0. The molecule has 3 rings (SSSR count). The molecule has 1 unspecified atom stereocenters. The van der Waals surface area contributed by atoms with Crippen LogP contribution in [-0.2, 0) is 14.0 Å². The predicted molar refractivity (Wildman–Crippen MR) is 114 cm³/mol. The lowest BCUT2D eigenvalue weighted by Gasteiger charge is -2.53. The van der Waals surface area contributed by atoms with Crippen molar-refractivity contribution in [3.63, 3.8) is 0 Å². The van der Waals surface area contributed by atoms with E-state index in [4.69, 9.17) is 9.16 Å². The molecule has 0 spiro atoms. The first-order valence-electron chi connectivity index (χ1n) is 9.77. The van der Waals surface area contributed by atoms with Gasteiger partial charge in [0.15, 0.2) is 8.32 Å². The van der Waals surface area contributed by atoms with E-state index in [-0.39, 0.29) is 34.6 Å². The summed E-state index contributed by atoms with van der Waals surface area (Å²) >= 11 is 3.47. The van der Waals surface area contributed by atoms with E-state index in [0.29, 0.717) is 11.4 Å². The fourth-order valence-corrected chi connectivity index (χ4v) is 7.94. The molecule has 1 amide bonds. The highest BCUT2D eigenvalue weighted by Gasteiger charge is 2.74. The highest BCUT2D eigenvalue weighted by molar-refractivity contribution is 7.99. The zero-order valence-corrected chi connectivity index (χ0v) is 20.1. The van der Waals surface area contributed by atoms with Crippen molar-refractivity contribution in [2.45, 2.75) is 94.2 Å². The molecule has 0 bridgehead atoms. The number of ether oxygens (including phenoxy) is 1. The molecule has 0 aromatic heterocycles. The molecule has 150 valence electrons. The number of epoxide rings is 1. The number of fused-ring (bicyclic) bond motifs is 1. The van der Waals surface area contributed by atoms with E-state index in [1.807, 2.05) is 22.3 Å². The summed E-state index contributed by atoms with van der Waals surface area (Å²) in [5, 5.41) is 0.628. The largest absolute Gasteiger partial charge is 0.413 e. The molecule has 2 aliphatic heterocycles. The third kappa shape index (κ3) is 3.10. The summed E-state index contributed by atoms with van der Waals surface area (Å²) in [6.45, 7) is 13.4. The number of carbonyl (C=O) groups excluding carboxylic acids is 1. The molecule has 4 nitrogen and oxygen atoms in total. The van der Waals surface area contributed by atoms with Crippen LogP contribution in [0, 0.1) is 5.92 Å². The van der Waals surface area contributed by atoms with Gasteiger partial charge in [-0.05, 0) is 50.6 Å². The van der Waals surface area contributed by atoms with Crippen LogP contribution >= 0.6 is 23.7 Å². The summed E-state index contributed by atoms with van der Waals surface area (Å²) in [7, 11) is -1.91. The van der Waals surface area contributed by atoms with E-state index in [0.717, 1.165) is 6.42 Å². The van der Waals surface area contributed by atoms with Crippen molar-refractivity contribution in [1.82, 2.24) is 4.31 Å². The number of carbonyl (C=O) groups is 1. The molecule has 7 heteroatoms. The third-order valence-corrected chi connectivity index (χ3v) is 13.6. The van der Waals surface area contributed by atoms with E-state index in [1.165, 1.54) is 12.8 Å². The van der Waals surface area contributed by atoms with E-state index in [1.54, 1.807) is 11.9 Å². The maximum atomic E-state index is 13.0. The van der Waals surface area contributed by atoms with Crippen LogP contribution < -0.4 is 0 Å². The van der Waals surface area contributed by atoms with Crippen molar-refractivity contribution in [2.75, 3.05) is 12.5 Å². The minimum atomic E-state index is -1.91. The Balaban J connectivity index is 1.84. The van der Waals surface area contributed by atoms with Gasteiger partial charge in [0.1, 0.15) is 5.60 Å². The molecule has 2 heterocycles. The van der Waals surface area contributed by atoms with Gasteiger partial charge < -0.3 is 9.16 Å². The molecule has 0 N–H and O–H groups in total. The van der Waals surface area contributed by atoms with Crippen molar-refractivity contribution in [3.8, 4) is 0 Å². The number of hydrogen-bond donors (Lipinski definition) is 0. The van der Waals surface area contributed by atoms with Crippen molar-refractivity contribution < 1.29 is 14.0 Å². The van der Waals surface area contributed by atoms with Gasteiger partial charge in [0.05, 0.1) is 24.2 Å². The lowest BCUT2D eigenvalue weighted by atomic mass is 9.71. The highest BCUT2D eigenvalue weighted by atomic mass is 32.2. The van der Waals surface area contributed by atoms with E-state index in [9.17, 15) is 4.79 Å². The normalized spacial score (nSPS) is 38.6. The van der Waals surface area contributed by atoms with E-state index in [2.05, 4.69) is 47.0 Å². The van der Waals surface area contributed by atoms with E-state index < -0.39 is 8.32 Å². The fourth-order valence-electron chi connectivity index (χ4n) is 4.57. The number of nitrogens with zero attached hydrogens (tertiary/aromatic N) is 1. The van der Waals surface area contributed by atoms with Gasteiger partial charge in [-0.15, -0.1) is 0 Å². The molecule has 0 radical (unpaired) electrons. The summed E-state index contributed by atoms with van der Waals surface area (Å²) in [6, 6.07) is 0.146. The Kier molecular flexibility index (Phi) is 5.64. The SMILES string of the molecule is CS[C@@H]1CCCC2O[C@@]21[C@H]1[C@@H]([C@@H](C)O[Si](C)(C)C(C)(C)C)C(=O)N1SC. The Hall–Kier alpha value is 0.307. The van der Waals surface area contributed by atoms with Crippen LogP contribution in [-0.4, -0.2) is 60.1 Å². The van der Waals surface area contributed by atoms with Crippen molar-refractivity contribution in [2.24, 2.45) is 5.92 Å². The van der Waals surface area contributed by atoms with Crippen LogP contribution in [0.25, 0.3) is 0 Å². The van der Waals surface area contributed by atoms with Gasteiger partial charge in [0.2, 0.25) is 5.91 Å². The van der Waals surface area contributed by atoms with Gasteiger partial charge >= 0.3 is 0 Å². The molecule has 0 aromatic rings. The second-order valence-electron chi connectivity index (χ2n) is 9.52. The number of thioether (sulfide) groups is 1. The van der Waals surface area contributed by atoms with Gasteiger partial charge in [0, 0.05) is 11.5 Å². The van der Waals surface area contributed by atoms with Crippen molar-refractivity contribution >= 4 is 37.9 Å². The van der Waals surface area contributed by atoms with Gasteiger partial charge in [-0.1, -0.05) is 32.7 Å². The molecule has 26 heavy (non-hydrogen) atoms. The lowest BCUT2D eigenvalue weighted by molar-refractivity contribution is -0.156. The Morgan fingerprint density at radius 2 is 1.96 bits per heavy atom. The smallest absolute Gasteiger partial charge is 0.240 e. The first-order chi connectivity index (χ1) is 12.0. The summed E-state index contributed by atoms with van der Waals surface area (Å²) < 4.78 is 15.0. The Bertz CT molecular complexity index is 567. The number of hydrogen-bond acceptors (Lipinski definition) is 5. The first-order valence-corrected chi connectivity index (χ1v) is 15.1. The molecule has 3 aliphatic rings. The van der Waals surface area contributed by atoms with Crippen LogP contribution in [0.2, 0.25) is 18.1 Å². The highest BCUT2D eigenvalue weighted by Crippen LogP contribution is 2.60. The molecule has 6 atom stereocenters. The van der Waals surface area contributed by atoms with Gasteiger partial charge in [-0.25, -0.2) is 0 Å². The Labute approximate surface area is 168 Å². The summed E-state index contributed by atoms with van der Waals surface area (Å²) in [5.41, 5.74) is -0.149. The number of rotatable bonds is 6. The number of amides is 1. The molecule has 1 aliphatic carbocycles. The summed E-state index contributed by atoms with van der Waals surface area (Å²) in [4.78, 5) is 13.0. The maximum Gasteiger partial charge on any atom is 0.240 e. The quantitative estimate of drug-likeness (QED) is 0.274. The molecule has 2 saturated heterocycles. The summed E-state index contributed by atoms with van der Waals surface area (Å²) in [6.07, 6.45) is 8.02. The Morgan fingerprint density at radius 1 is 1.31 bits per heavy atom. The van der Waals surface area contributed by atoms with Crippen LogP contribution in [0.3, 0.4) is 0 Å². The molecule has 0 aromatic carbocycles. The fraction of sp³-hybridized carbons (Fsp3) is 0.947. The molecule has 3 fully saturated rings. The van der Waals surface area contributed by atoms with Gasteiger partial charge in [-0.2, -0.15) is 11.8 Å². The standard InChI is InChI=1S/C19H35NO3S2Si/c1-12(23-26(7,8)18(2,3)4)15-16(20(25-6)17(15)21)19-13(22-19)10-9-11-14(19)24-5/h12-16H,9-11H2,1-8H3/t12-,13?,14-,15-,16-,19+/m1/s1. The van der Waals surface area contributed by atoms with Crippen molar-refractivity contribution in [3.05, 3.63) is 0 Å². The zero-order valence-electron chi connectivity index (χ0n) is 17.5. The predicted octanol–water partition coefficient (Wildman–Crippen LogP) is 4.55. The van der Waals surface area contributed by atoms with Gasteiger partial charge in [0.25, 0.3) is 0 Å². The number of β-lactam (4-membered cyclic amide) rings is 1. The molecular formula is C19H35NO3S2Si. The summed E-state index contributed by atoms with van der Waals surface area (Å²) in [5.74, 6) is 0.150. The molecule has 1 saturated carbocycles. The second kappa shape index (κ2) is 6.97. The van der Waals surface area contributed by atoms with Crippen LogP contribution in [0.4, 0.5) is 0 Å². The van der Waals surface area contributed by atoms with Crippen molar-refractivity contribution in [1.29, 1.82) is 0 Å².